The highest BCUT2D eigenvalue weighted by Crippen LogP contribution is 2.34. The zero-order valence-electron chi connectivity index (χ0n) is 14.0. The van der Waals surface area contributed by atoms with Gasteiger partial charge in [0, 0.05) is 19.2 Å². The third-order valence-electron chi connectivity index (χ3n) is 4.87. The second kappa shape index (κ2) is 7.17. The van der Waals surface area contributed by atoms with Crippen molar-refractivity contribution in [3.05, 3.63) is 23.2 Å². The van der Waals surface area contributed by atoms with Gasteiger partial charge in [-0.15, -0.1) is 0 Å². The summed E-state index contributed by atoms with van der Waals surface area (Å²) in [7, 11) is 1.67. The van der Waals surface area contributed by atoms with Crippen LogP contribution in [0.1, 0.15) is 65.7 Å². The molecule has 1 aromatic rings. The van der Waals surface area contributed by atoms with Gasteiger partial charge in [0.2, 0.25) is 5.76 Å². The van der Waals surface area contributed by atoms with Crippen LogP contribution in [0.3, 0.4) is 0 Å². The van der Waals surface area contributed by atoms with Crippen LogP contribution in [-0.2, 0) is 4.74 Å². The fraction of sp³-hybridized carbons (Fsp3) is 0.647. The molecule has 0 spiro atoms. The SMILES string of the molecule is COC(C)(CNC(=O)c1cc(C)c(C(=O)O)o1)C1CCCCC1. The van der Waals surface area contributed by atoms with Crippen LogP contribution in [0.15, 0.2) is 10.5 Å². The van der Waals surface area contributed by atoms with Crippen LogP contribution >= 0.6 is 0 Å². The third kappa shape index (κ3) is 3.93. The van der Waals surface area contributed by atoms with Crippen molar-refractivity contribution in [1.82, 2.24) is 5.32 Å². The lowest BCUT2D eigenvalue weighted by Gasteiger charge is -2.38. The Morgan fingerprint density at radius 2 is 2.04 bits per heavy atom. The second-order valence-corrected chi connectivity index (χ2v) is 6.46. The number of nitrogens with one attached hydrogen (secondary N) is 1. The number of ether oxygens (including phenoxy) is 1. The zero-order chi connectivity index (χ0) is 17.0. The lowest BCUT2D eigenvalue weighted by atomic mass is 9.77. The van der Waals surface area contributed by atoms with Gasteiger partial charge in [-0.25, -0.2) is 4.79 Å². The summed E-state index contributed by atoms with van der Waals surface area (Å²) in [5.41, 5.74) is 0.0114. The van der Waals surface area contributed by atoms with E-state index in [1.54, 1.807) is 14.0 Å². The Labute approximate surface area is 136 Å². The largest absolute Gasteiger partial charge is 0.475 e. The number of aromatic carboxylic acids is 1. The van der Waals surface area contributed by atoms with E-state index in [2.05, 4.69) is 5.32 Å². The molecular weight excluding hydrogens is 298 g/mol. The highest BCUT2D eigenvalue weighted by molar-refractivity contribution is 5.94. The van der Waals surface area contributed by atoms with E-state index >= 15 is 0 Å². The maximum absolute atomic E-state index is 12.2. The summed E-state index contributed by atoms with van der Waals surface area (Å²) in [5, 5.41) is 11.8. The van der Waals surface area contributed by atoms with Crippen LogP contribution in [-0.4, -0.2) is 36.2 Å². The van der Waals surface area contributed by atoms with E-state index in [1.807, 2.05) is 6.92 Å². The number of methoxy groups -OCH3 is 1. The standard InChI is InChI=1S/C17H25NO5/c1-11-9-13(23-14(11)16(20)21)15(19)18-10-17(2,22-3)12-7-5-4-6-8-12/h9,12H,4-8,10H2,1-3H3,(H,18,19)(H,20,21). The monoisotopic (exact) mass is 323 g/mol. The lowest BCUT2D eigenvalue weighted by Crippen LogP contribution is -2.48. The maximum Gasteiger partial charge on any atom is 0.372 e. The van der Waals surface area contributed by atoms with Crippen molar-refractivity contribution in [2.24, 2.45) is 5.92 Å². The van der Waals surface area contributed by atoms with E-state index in [4.69, 9.17) is 14.3 Å². The fourth-order valence-electron chi connectivity index (χ4n) is 3.25. The van der Waals surface area contributed by atoms with Crippen LogP contribution in [0.5, 0.6) is 0 Å². The number of furan rings is 1. The number of aryl methyl sites for hydroxylation is 1. The average molecular weight is 323 g/mol. The second-order valence-electron chi connectivity index (χ2n) is 6.46. The summed E-state index contributed by atoms with van der Waals surface area (Å²) in [6.07, 6.45) is 5.84. The van der Waals surface area contributed by atoms with Crippen molar-refractivity contribution in [2.45, 2.75) is 51.6 Å². The number of hydrogen-bond donors (Lipinski definition) is 2. The van der Waals surface area contributed by atoms with Gasteiger partial charge >= 0.3 is 5.97 Å². The molecule has 0 aromatic carbocycles. The van der Waals surface area contributed by atoms with Crippen LogP contribution < -0.4 is 5.32 Å². The van der Waals surface area contributed by atoms with E-state index in [9.17, 15) is 9.59 Å². The molecule has 0 saturated heterocycles. The molecule has 0 aliphatic heterocycles. The summed E-state index contributed by atoms with van der Waals surface area (Å²) in [5.74, 6) is -1.36. The Kier molecular flexibility index (Phi) is 5.46. The summed E-state index contributed by atoms with van der Waals surface area (Å²) < 4.78 is 10.8. The third-order valence-corrected chi connectivity index (χ3v) is 4.87. The molecule has 1 aliphatic rings. The molecule has 128 valence electrons. The van der Waals surface area contributed by atoms with Crippen molar-refractivity contribution >= 4 is 11.9 Å². The smallest absolute Gasteiger partial charge is 0.372 e. The molecule has 2 N–H and O–H groups in total. The predicted molar refractivity (Wildman–Crippen MR) is 84.7 cm³/mol. The zero-order valence-corrected chi connectivity index (χ0v) is 14.0. The lowest BCUT2D eigenvalue weighted by molar-refractivity contribution is -0.0522. The highest BCUT2D eigenvalue weighted by atomic mass is 16.5. The minimum absolute atomic E-state index is 0.0157. The Bertz CT molecular complexity index is 574. The van der Waals surface area contributed by atoms with Gasteiger partial charge in [0.05, 0.1) is 5.60 Å². The van der Waals surface area contributed by atoms with Crippen molar-refractivity contribution in [2.75, 3.05) is 13.7 Å². The number of amides is 1. The minimum atomic E-state index is -1.18. The molecule has 6 nitrogen and oxygen atoms in total. The molecule has 1 fully saturated rings. The Morgan fingerprint density at radius 3 is 2.57 bits per heavy atom. The van der Waals surface area contributed by atoms with E-state index < -0.39 is 17.5 Å². The minimum Gasteiger partial charge on any atom is -0.475 e. The normalized spacial score (nSPS) is 18.4. The molecule has 23 heavy (non-hydrogen) atoms. The van der Waals surface area contributed by atoms with Gasteiger partial charge in [-0.3, -0.25) is 4.79 Å². The van der Waals surface area contributed by atoms with Crippen molar-refractivity contribution in [1.29, 1.82) is 0 Å². The van der Waals surface area contributed by atoms with Gasteiger partial charge < -0.3 is 19.6 Å². The van der Waals surface area contributed by atoms with Crippen LogP contribution in [0.2, 0.25) is 0 Å². The van der Waals surface area contributed by atoms with Crippen LogP contribution in [0.4, 0.5) is 0 Å². The number of carbonyl (C=O) groups is 2. The van der Waals surface area contributed by atoms with Crippen molar-refractivity contribution in [3.63, 3.8) is 0 Å². The molecule has 1 unspecified atom stereocenters. The summed E-state index contributed by atoms with van der Waals surface area (Å²) in [6, 6.07) is 1.45. The summed E-state index contributed by atoms with van der Waals surface area (Å²) in [4.78, 5) is 23.2. The molecule has 2 rings (SSSR count). The molecule has 1 aliphatic carbocycles. The first-order valence-corrected chi connectivity index (χ1v) is 8.04. The number of carboxylic acids is 1. The first-order chi connectivity index (χ1) is 10.9. The van der Waals surface area contributed by atoms with Crippen LogP contribution in [0, 0.1) is 12.8 Å². The Hall–Kier alpha value is -1.82. The Morgan fingerprint density at radius 1 is 1.39 bits per heavy atom. The van der Waals surface area contributed by atoms with E-state index in [-0.39, 0.29) is 11.5 Å². The van der Waals surface area contributed by atoms with E-state index in [0.29, 0.717) is 18.0 Å². The molecule has 1 saturated carbocycles. The van der Waals surface area contributed by atoms with Crippen molar-refractivity contribution < 1.29 is 23.8 Å². The Balaban J connectivity index is 2.01. The maximum atomic E-state index is 12.2. The van der Waals surface area contributed by atoms with Crippen molar-refractivity contribution in [3.8, 4) is 0 Å². The van der Waals surface area contributed by atoms with Gasteiger partial charge in [0.25, 0.3) is 5.91 Å². The number of rotatable bonds is 6. The van der Waals surface area contributed by atoms with Gasteiger partial charge in [-0.1, -0.05) is 19.3 Å². The number of hydrogen-bond acceptors (Lipinski definition) is 4. The van der Waals surface area contributed by atoms with Gasteiger partial charge in [-0.05, 0) is 38.7 Å². The molecule has 0 radical (unpaired) electrons. The fourth-order valence-corrected chi connectivity index (χ4v) is 3.25. The summed E-state index contributed by atoms with van der Waals surface area (Å²) in [6.45, 7) is 3.99. The topological polar surface area (TPSA) is 88.8 Å². The molecule has 1 aromatic heterocycles. The molecule has 1 heterocycles. The molecule has 1 atom stereocenters. The predicted octanol–water partition coefficient (Wildman–Crippen LogP) is 3.00. The molecule has 1 amide bonds. The molecule has 0 bridgehead atoms. The van der Waals surface area contributed by atoms with Gasteiger partial charge in [-0.2, -0.15) is 0 Å². The highest BCUT2D eigenvalue weighted by Gasteiger charge is 2.35. The number of carboxylic acid groups (broad SMARTS) is 1. The average Bonchev–Trinajstić information content (AvgIpc) is 2.95. The van der Waals surface area contributed by atoms with E-state index in [1.165, 1.54) is 25.3 Å². The number of carbonyl (C=O) groups excluding carboxylic acids is 1. The quantitative estimate of drug-likeness (QED) is 0.840. The van der Waals surface area contributed by atoms with Crippen LogP contribution in [0.25, 0.3) is 0 Å². The first kappa shape index (κ1) is 17.5. The molecule has 6 heteroatoms. The van der Waals surface area contributed by atoms with Gasteiger partial charge in [0.15, 0.2) is 5.76 Å². The van der Waals surface area contributed by atoms with Gasteiger partial charge in [0.1, 0.15) is 0 Å². The van der Waals surface area contributed by atoms with E-state index in [0.717, 1.165) is 12.8 Å². The first-order valence-electron chi connectivity index (χ1n) is 8.04. The molecular formula is C17H25NO5. The summed E-state index contributed by atoms with van der Waals surface area (Å²) >= 11 is 0.